The zero-order chi connectivity index (χ0) is 12.2. The molecule has 0 saturated carbocycles. The number of nitrogens with zero attached hydrogens (tertiary/aromatic N) is 2. The van der Waals surface area contributed by atoms with Gasteiger partial charge in [0.1, 0.15) is 5.60 Å². The van der Waals surface area contributed by atoms with Gasteiger partial charge in [-0.1, -0.05) is 6.08 Å². The van der Waals surface area contributed by atoms with E-state index < -0.39 is 5.60 Å². The first-order chi connectivity index (χ1) is 7.42. The second-order valence-corrected chi connectivity index (χ2v) is 4.87. The molecule has 0 unspecified atom stereocenters. The Morgan fingerprint density at radius 1 is 1.56 bits per heavy atom. The van der Waals surface area contributed by atoms with Crippen LogP contribution in [0.4, 0.5) is 4.79 Å². The number of carbonyl (C=O) groups excluding carboxylic acids is 1. The molecule has 88 valence electrons. The van der Waals surface area contributed by atoms with Crippen molar-refractivity contribution in [3.63, 3.8) is 0 Å². The largest absolute Gasteiger partial charge is 0.444 e. The molecule has 1 saturated heterocycles. The van der Waals surface area contributed by atoms with Crippen molar-refractivity contribution in [3.8, 4) is 0 Å². The number of ether oxygens (including phenoxy) is 1. The first-order valence-corrected chi connectivity index (χ1v) is 5.41. The van der Waals surface area contributed by atoms with E-state index in [1.165, 1.54) is 5.57 Å². The van der Waals surface area contributed by atoms with E-state index >= 15 is 0 Å². The fourth-order valence-electron chi connectivity index (χ4n) is 1.36. The summed E-state index contributed by atoms with van der Waals surface area (Å²) < 4.78 is 5.23. The lowest BCUT2D eigenvalue weighted by molar-refractivity contribution is 0.0214. The van der Waals surface area contributed by atoms with Gasteiger partial charge < -0.3 is 14.5 Å². The van der Waals surface area contributed by atoms with E-state index in [-0.39, 0.29) is 6.09 Å². The van der Waals surface area contributed by atoms with Gasteiger partial charge in [0.25, 0.3) is 0 Å². The van der Waals surface area contributed by atoms with Gasteiger partial charge in [0.05, 0.1) is 0 Å². The third-order valence-corrected chi connectivity index (χ3v) is 2.11. The highest BCUT2D eigenvalue weighted by atomic mass is 16.6. The van der Waals surface area contributed by atoms with Gasteiger partial charge in [-0.05, 0) is 26.3 Å². The maximum absolute atomic E-state index is 11.5. The quantitative estimate of drug-likeness (QED) is 0.408. The summed E-state index contributed by atoms with van der Waals surface area (Å²) in [5, 5.41) is 0. The summed E-state index contributed by atoms with van der Waals surface area (Å²) in [7, 11) is 0. The number of hydrogen-bond donors (Lipinski definition) is 0. The third-order valence-electron chi connectivity index (χ3n) is 2.11. The highest BCUT2D eigenvalue weighted by Crippen LogP contribution is 2.18. The van der Waals surface area contributed by atoms with E-state index in [0.29, 0.717) is 19.6 Å². The predicted octanol–water partition coefficient (Wildman–Crippen LogP) is 2.47. The van der Waals surface area contributed by atoms with Crippen LogP contribution in [0.1, 0.15) is 27.2 Å². The van der Waals surface area contributed by atoms with E-state index in [4.69, 9.17) is 11.3 Å². The maximum atomic E-state index is 11.5. The first kappa shape index (κ1) is 12.6. The molecule has 1 rings (SSSR count). The zero-order valence-corrected chi connectivity index (χ0v) is 10.1. The number of rotatable bonds is 2. The van der Waals surface area contributed by atoms with Crippen molar-refractivity contribution in [2.45, 2.75) is 32.8 Å². The lowest BCUT2D eigenvalue weighted by atomic mass is 10.1. The van der Waals surface area contributed by atoms with Crippen LogP contribution in [0, 0.1) is 6.57 Å². The van der Waals surface area contributed by atoms with Crippen molar-refractivity contribution in [2.75, 3.05) is 19.6 Å². The highest BCUT2D eigenvalue weighted by Gasteiger charge is 2.29. The molecule has 0 radical (unpaired) electrons. The smallest absolute Gasteiger partial charge is 0.410 e. The maximum Gasteiger partial charge on any atom is 0.410 e. The summed E-state index contributed by atoms with van der Waals surface area (Å²) in [4.78, 5) is 16.5. The van der Waals surface area contributed by atoms with Crippen molar-refractivity contribution in [1.29, 1.82) is 0 Å². The summed E-state index contributed by atoms with van der Waals surface area (Å²) in [5.41, 5.74) is 0.787. The van der Waals surface area contributed by atoms with Crippen LogP contribution in [0.2, 0.25) is 0 Å². The number of amides is 1. The monoisotopic (exact) mass is 222 g/mol. The van der Waals surface area contributed by atoms with Gasteiger partial charge in [-0.15, -0.1) is 0 Å². The van der Waals surface area contributed by atoms with Gasteiger partial charge >= 0.3 is 6.09 Å². The van der Waals surface area contributed by atoms with Crippen LogP contribution in [0.5, 0.6) is 0 Å². The van der Waals surface area contributed by atoms with Crippen LogP contribution < -0.4 is 0 Å². The molecule has 0 atom stereocenters. The van der Waals surface area contributed by atoms with Crippen molar-refractivity contribution >= 4 is 6.09 Å². The van der Waals surface area contributed by atoms with E-state index in [9.17, 15) is 4.79 Å². The van der Waals surface area contributed by atoms with Crippen LogP contribution in [0.15, 0.2) is 11.6 Å². The average molecular weight is 222 g/mol. The summed E-state index contributed by atoms with van der Waals surface area (Å²) >= 11 is 0. The molecule has 1 fully saturated rings. The summed E-state index contributed by atoms with van der Waals surface area (Å²) in [6, 6.07) is 0. The Labute approximate surface area is 96.7 Å². The average Bonchev–Trinajstić information content (AvgIpc) is 2.05. The molecule has 0 N–H and O–H groups in total. The van der Waals surface area contributed by atoms with Crippen molar-refractivity contribution < 1.29 is 9.53 Å². The predicted molar refractivity (Wildman–Crippen MR) is 62.0 cm³/mol. The molecule has 1 heterocycles. The van der Waals surface area contributed by atoms with Crippen molar-refractivity contribution in [2.24, 2.45) is 0 Å². The van der Waals surface area contributed by atoms with Crippen molar-refractivity contribution in [1.82, 2.24) is 4.90 Å². The van der Waals surface area contributed by atoms with Gasteiger partial charge in [-0.25, -0.2) is 11.4 Å². The Morgan fingerprint density at radius 2 is 2.19 bits per heavy atom. The lowest BCUT2D eigenvalue weighted by Gasteiger charge is -2.35. The normalized spacial score (nSPS) is 15.1. The van der Waals surface area contributed by atoms with Crippen LogP contribution in [-0.2, 0) is 4.74 Å². The number of carbonyl (C=O) groups is 1. The molecule has 0 aliphatic carbocycles. The van der Waals surface area contributed by atoms with E-state index in [1.54, 1.807) is 4.90 Å². The van der Waals surface area contributed by atoms with E-state index in [0.717, 1.165) is 6.42 Å². The Morgan fingerprint density at radius 3 is 2.69 bits per heavy atom. The van der Waals surface area contributed by atoms with Gasteiger partial charge in [0.15, 0.2) is 0 Å². The third kappa shape index (κ3) is 3.93. The molecule has 1 aliphatic rings. The standard InChI is InChI=1S/C12H18N2O2/c1-12(2,3)16-11(15)14-8-10(9-14)6-5-7-13-4/h6H,5,7-9H2,1-3H3. The fourth-order valence-corrected chi connectivity index (χ4v) is 1.36. The van der Waals surface area contributed by atoms with E-state index in [2.05, 4.69) is 4.85 Å². The summed E-state index contributed by atoms with van der Waals surface area (Å²) in [6.07, 6.45) is 2.56. The fraction of sp³-hybridized carbons (Fsp3) is 0.667. The van der Waals surface area contributed by atoms with Crippen LogP contribution >= 0.6 is 0 Å². The number of hydrogen-bond acceptors (Lipinski definition) is 2. The Hall–Kier alpha value is -1.50. The summed E-state index contributed by atoms with van der Waals surface area (Å²) in [5.74, 6) is 0. The lowest BCUT2D eigenvalue weighted by Crippen LogP contribution is -2.46. The van der Waals surface area contributed by atoms with Crippen LogP contribution in [0.3, 0.4) is 0 Å². The van der Waals surface area contributed by atoms with E-state index in [1.807, 2.05) is 26.8 Å². The molecule has 0 aromatic carbocycles. The Kier molecular flexibility index (Phi) is 3.94. The zero-order valence-electron chi connectivity index (χ0n) is 10.1. The topological polar surface area (TPSA) is 33.9 Å². The minimum absolute atomic E-state index is 0.255. The number of likely N-dealkylation sites (tertiary alicyclic amines) is 1. The molecule has 0 aromatic rings. The molecule has 16 heavy (non-hydrogen) atoms. The molecule has 0 aromatic heterocycles. The molecule has 4 heteroatoms. The molecular formula is C12H18N2O2. The molecule has 1 aliphatic heterocycles. The second kappa shape index (κ2) is 5.02. The second-order valence-electron chi connectivity index (χ2n) is 4.87. The van der Waals surface area contributed by atoms with Crippen molar-refractivity contribution in [3.05, 3.63) is 23.1 Å². The SMILES string of the molecule is [C-]#[N+]CCC=C1CN(C(=O)OC(C)(C)C)C1. The Balaban J connectivity index is 2.28. The molecule has 0 spiro atoms. The minimum Gasteiger partial charge on any atom is -0.444 e. The van der Waals surface area contributed by atoms with Gasteiger partial charge in [-0.3, -0.25) is 0 Å². The molecule has 1 amide bonds. The minimum atomic E-state index is -0.430. The van der Waals surface area contributed by atoms with Gasteiger partial charge in [-0.2, -0.15) is 0 Å². The molecule has 0 bridgehead atoms. The molecule has 4 nitrogen and oxygen atoms in total. The molecular weight excluding hydrogens is 204 g/mol. The van der Waals surface area contributed by atoms with Crippen LogP contribution in [-0.4, -0.2) is 36.2 Å². The summed E-state index contributed by atoms with van der Waals surface area (Å²) in [6.45, 7) is 14.0. The van der Waals surface area contributed by atoms with Gasteiger partial charge in [0.2, 0.25) is 6.54 Å². The Bertz CT molecular complexity index is 326. The highest BCUT2D eigenvalue weighted by molar-refractivity contribution is 5.70. The first-order valence-electron chi connectivity index (χ1n) is 5.41. The van der Waals surface area contributed by atoms with Gasteiger partial charge in [0, 0.05) is 19.5 Å². The van der Waals surface area contributed by atoms with Crippen LogP contribution in [0.25, 0.3) is 4.85 Å².